The molecule has 19 heavy (non-hydrogen) atoms. The molecule has 104 valence electrons. The largest absolute Gasteiger partial charge is 0.463 e. The number of carbonyl (C=O) groups excluding carboxylic acids is 1. The van der Waals surface area contributed by atoms with Crippen molar-refractivity contribution in [3.8, 4) is 0 Å². The normalized spacial score (nSPS) is 16.5. The fraction of sp³-hybridized carbons (Fsp3) is 0.500. The number of thiophene rings is 1. The molecule has 0 unspecified atom stereocenters. The van der Waals surface area contributed by atoms with Gasteiger partial charge >= 0.3 is 5.97 Å². The lowest BCUT2D eigenvalue weighted by molar-refractivity contribution is -0.138. The van der Waals surface area contributed by atoms with Crippen molar-refractivity contribution in [2.75, 3.05) is 37.8 Å². The van der Waals surface area contributed by atoms with E-state index < -0.39 is 0 Å². The van der Waals surface area contributed by atoms with E-state index >= 15 is 0 Å². The van der Waals surface area contributed by atoms with E-state index in [2.05, 4.69) is 11.0 Å². The molecule has 5 heteroatoms. The van der Waals surface area contributed by atoms with E-state index in [4.69, 9.17) is 9.47 Å². The standard InChI is InChI=1S/C14H19NO3S/c1-3-18-14(16)11(2)10-12-4-5-13(19-12)15-6-8-17-9-7-15/h4-5,10H,3,6-9H2,1-2H3/b11-10+. The van der Waals surface area contributed by atoms with Crippen LogP contribution in [-0.4, -0.2) is 38.9 Å². The van der Waals surface area contributed by atoms with Gasteiger partial charge in [-0.1, -0.05) is 0 Å². The van der Waals surface area contributed by atoms with Crippen LogP contribution in [0.5, 0.6) is 0 Å². The average Bonchev–Trinajstić information content (AvgIpc) is 2.88. The van der Waals surface area contributed by atoms with Crippen molar-refractivity contribution in [3.63, 3.8) is 0 Å². The predicted molar refractivity (Wildman–Crippen MR) is 77.6 cm³/mol. The molecule has 1 saturated heterocycles. The maximum absolute atomic E-state index is 11.5. The van der Waals surface area contributed by atoms with Crippen LogP contribution in [0.25, 0.3) is 6.08 Å². The highest BCUT2D eigenvalue weighted by molar-refractivity contribution is 7.16. The van der Waals surface area contributed by atoms with Crippen molar-refractivity contribution in [3.05, 3.63) is 22.6 Å². The predicted octanol–water partition coefficient (Wildman–Crippen LogP) is 2.55. The Morgan fingerprint density at radius 1 is 1.47 bits per heavy atom. The van der Waals surface area contributed by atoms with E-state index in [1.54, 1.807) is 18.3 Å². The topological polar surface area (TPSA) is 38.8 Å². The Kier molecular flexibility index (Phi) is 4.99. The van der Waals surface area contributed by atoms with Crippen LogP contribution >= 0.6 is 11.3 Å². The summed E-state index contributed by atoms with van der Waals surface area (Å²) in [6.07, 6.45) is 1.88. The van der Waals surface area contributed by atoms with Gasteiger partial charge < -0.3 is 14.4 Å². The fourth-order valence-corrected chi connectivity index (χ4v) is 2.95. The lowest BCUT2D eigenvalue weighted by Gasteiger charge is -2.27. The monoisotopic (exact) mass is 281 g/mol. The zero-order valence-corrected chi connectivity index (χ0v) is 12.2. The van der Waals surface area contributed by atoms with E-state index in [0.717, 1.165) is 31.2 Å². The highest BCUT2D eigenvalue weighted by Gasteiger charge is 2.13. The smallest absolute Gasteiger partial charge is 0.333 e. The molecule has 4 nitrogen and oxygen atoms in total. The zero-order valence-electron chi connectivity index (χ0n) is 11.3. The van der Waals surface area contributed by atoms with E-state index in [1.807, 2.05) is 19.1 Å². The Morgan fingerprint density at radius 3 is 2.89 bits per heavy atom. The first-order chi connectivity index (χ1) is 9.20. The number of carbonyl (C=O) groups is 1. The molecule has 1 aromatic rings. The molecular formula is C14H19NO3S. The van der Waals surface area contributed by atoms with Crippen molar-refractivity contribution >= 4 is 28.4 Å². The average molecular weight is 281 g/mol. The molecule has 1 aliphatic heterocycles. The number of ether oxygens (including phenoxy) is 2. The number of nitrogens with zero attached hydrogens (tertiary/aromatic N) is 1. The van der Waals surface area contributed by atoms with Crippen LogP contribution in [0.4, 0.5) is 5.00 Å². The third-order valence-corrected chi connectivity index (χ3v) is 3.98. The minimum atomic E-state index is -0.246. The maximum Gasteiger partial charge on any atom is 0.333 e. The van der Waals surface area contributed by atoms with E-state index in [0.29, 0.717) is 12.2 Å². The summed E-state index contributed by atoms with van der Waals surface area (Å²) in [6.45, 7) is 7.43. The molecule has 0 N–H and O–H groups in total. The van der Waals surface area contributed by atoms with Gasteiger partial charge in [-0.3, -0.25) is 0 Å². The number of rotatable bonds is 4. The van der Waals surface area contributed by atoms with Crippen molar-refractivity contribution in [2.24, 2.45) is 0 Å². The lowest BCUT2D eigenvalue weighted by Crippen LogP contribution is -2.35. The Morgan fingerprint density at radius 2 is 2.21 bits per heavy atom. The van der Waals surface area contributed by atoms with Gasteiger partial charge in [0.15, 0.2) is 0 Å². The molecule has 1 aromatic heterocycles. The molecule has 0 aromatic carbocycles. The third-order valence-electron chi connectivity index (χ3n) is 2.89. The Bertz CT molecular complexity index is 461. The summed E-state index contributed by atoms with van der Waals surface area (Å²) < 4.78 is 10.3. The molecule has 0 bridgehead atoms. The first-order valence-electron chi connectivity index (χ1n) is 6.48. The minimum absolute atomic E-state index is 0.246. The molecule has 2 heterocycles. The van der Waals surface area contributed by atoms with Gasteiger partial charge in [0.1, 0.15) is 0 Å². The summed E-state index contributed by atoms with van der Waals surface area (Å²) in [4.78, 5) is 14.9. The SMILES string of the molecule is CCOC(=O)/C(C)=C/c1ccc(N2CCOCC2)s1. The molecule has 0 saturated carbocycles. The van der Waals surface area contributed by atoms with Crippen LogP contribution < -0.4 is 4.90 Å². The van der Waals surface area contributed by atoms with Gasteiger partial charge in [-0.2, -0.15) is 0 Å². The maximum atomic E-state index is 11.5. The summed E-state index contributed by atoms with van der Waals surface area (Å²) in [5.74, 6) is -0.246. The van der Waals surface area contributed by atoms with Gasteiger partial charge in [0, 0.05) is 23.5 Å². The minimum Gasteiger partial charge on any atom is -0.463 e. The van der Waals surface area contributed by atoms with Gasteiger partial charge in [0.05, 0.1) is 24.8 Å². The fourth-order valence-electron chi connectivity index (χ4n) is 1.89. The Labute approximate surface area is 117 Å². The third kappa shape index (κ3) is 3.81. The number of esters is 1. The van der Waals surface area contributed by atoms with Gasteiger partial charge in [-0.15, -0.1) is 11.3 Å². The van der Waals surface area contributed by atoms with Gasteiger partial charge in [-0.05, 0) is 32.1 Å². The van der Waals surface area contributed by atoms with Crippen molar-refractivity contribution in [1.29, 1.82) is 0 Å². The summed E-state index contributed by atoms with van der Waals surface area (Å²) in [5, 5.41) is 1.23. The summed E-state index contributed by atoms with van der Waals surface area (Å²) in [7, 11) is 0. The molecule has 0 atom stereocenters. The van der Waals surface area contributed by atoms with Crippen molar-refractivity contribution in [1.82, 2.24) is 0 Å². The van der Waals surface area contributed by atoms with Crippen molar-refractivity contribution in [2.45, 2.75) is 13.8 Å². The van der Waals surface area contributed by atoms with Crippen LogP contribution in [0.3, 0.4) is 0 Å². The first-order valence-corrected chi connectivity index (χ1v) is 7.30. The first kappa shape index (κ1) is 14.1. The number of morpholine rings is 1. The summed E-state index contributed by atoms with van der Waals surface area (Å²) in [6, 6.07) is 4.14. The Balaban J connectivity index is 2.04. The second kappa shape index (κ2) is 6.73. The quantitative estimate of drug-likeness (QED) is 0.628. The molecular weight excluding hydrogens is 262 g/mol. The van der Waals surface area contributed by atoms with Gasteiger partial charge in [0.2, 0.25) is 0 Å². The second-order valence-corrected chi connectivity index (χ2v) is 5.42. The molecule has 0 amide bonds. The van der Waals surface area contributed by atoms with E-state index in [9.17, 15) is 4.79 Å². The summed E-state index contributed by atoms with van der Waals surface area (Å²) >= 11 is 1.69. The number of hydrogen-bond donors (Lipinski definition) is 0. The lowest BCUT2D eigenvalue weighted by atomic mass is 10.2. The molecule has 0 spiro atoms. The van der Waals surface area contributed by atoms with Crippen LogP contribution in [0.2, 0.25) is 0 Å². The zero-order chi connectivity index (χ0) is 13.7. The van der Waals surface area contributed by atoms with Crippen LogP contribution in [0.1, 0.15) is 18.7 Å². The summed E-state index contributed by atoms with van der Waals surface area (Å²) in [5.41, 5.74) is 0.636. The molecule has 1 fully saturated rings. The highest BCUT2D eigenvalue weighted by Crippen LogP contribution is 2.28. The highest BCUT2D eigenvalue weighted by atomic mass is 32.1. The van der Waals surface area contributed by atoms with Crippen LogP contribution in [-0.2, 0) is 14.3 Å². The van der Waals surface area contributed by atoms with E-state index in [1.165, 1.54) is 5.00 Å². The molecule has 2 rings (SSSR count). The molecule has 0 aliphatic carbocycles. The molecule has 0 radical (unpaired) electrons. The number of anilines is 1. The van der Waals surface area contributed by atoms with Gasteiger partial charge in [0.25, 0.3) is 0 Å². The van der Waals surface area contributed by atoms with Crippen LogP contribution in [0, 0.1) is 0 Å². The Hall–Kier alpha value is -1.33. The van der Waals surface area contributed by atoms with Gasteiger partial charge in [-0.25, -0.2) is 4.79 Å². The molecule has 1 aliphatic rings. The number of hydrogen-bond acceptors (Lipinski definition) is 5. The van der Waals surface area contributed by atoms with Crippen LogP contribution in [0.15, 0.2) is 17.7 Å². The van der Waals surface area contributed by atoms with E-state index in [-0.39, 0.29) is 5.97 Å². The van der Waals surface area contributed by atoms with Crippen molar-refractivity contribution < 1.29 is 14.3 Å². The second-order valence-electron chi connectivity index (χ2n) is 4.32.